The minimum atomic E-state index is 0.299. The lowest BCUT2D eigenvalue weighted by atomic mass is 9.79. The molecule has 98 valence electrons. The van der Waals surface area contributed by atoms with E-state index in [4.69, 9.17) is 16.3 Å². The molecule has 3 nitrogen and oxygen atoms in total. The van der Waals surface area contributed by atoms with Gasteiger partial charge in [-0.05, 0) is 38.5 Å². The maximum Gasteiger partial charge on any atom is 0.223 e. The van der Waals surface area contributed by atoms with Crippen molar-refractivity contribution in [1.82, 2.24) is 4.90 Å². The monoisotopic (exact) mass is 259 g/mol. The van der Waals surface area contributed by atoms with Gasteiger partial charge in [-0.1, -0.05) is 0 Å². The summed E-state index contributed by atoms with van der Waals surface area (Å²) in [6, 6.07) is 0.490. The Morgan fingerprint density at radius 3 is 2.65 bits per heavy atom. The molecule has 0 saturated heterocycles. The van der Waals surface area contributed by atoms with Gasteiger partial charge in [0.1, 0.15) is 0 Å². The second-order valence-electron chi connectivity index (χ2n) is 5.13. The van der Waals surface area contributed by atoms with Gasteiger partial charge in [-0.2, -0.15) is 0 Å². The van der Waals surface area contributed by atoms with Crippen LogP contribution >= 0.6 is 11.6 Å². The summed E-state index contributed by atoms with van der Waals surface area (Å²) in [4.78, 5) is 14.1. The molecule has 2 aliphatic rings. The van der Waals surface area contributed by atoms with E-state index < -0.39 is 0 Å². The number of hydrogen-bond acceptors (Lipinski definition) is 2. The molecule has 2 saturated carbocycles. The maximum atomic E-state index is 12.1. The summed E-state index contributed by atoms with van der Waals surface area (Å²) in [6.07, 6.45) is 5.53. The molecule has 17 heavy (non-hydrogen) atoms. The van der Waals surface area contributed by atoms with Gasteiger partial charge in [-0.25, -0.2) is 0 Å². The Morgan fingerprint density at radius 1 is 1.41 bits per heavy atom. The van der Waals surface area contributed by atoms with Crippen LogP contribution in [0.15, 0.2) is 0 Å². The van der Waals surface area contributed by atoms with Gasteiger partial charge in [0.05, 0.1) is 6.10 Å². The predicted molar refractivity (Wildman–Crippen MR) is 68.2 cm³/mol. The quantitative estimate of drug-likeness (QED) is 0.657. The fraction of sp³-hybridized carbons (Fsp3) is 0.923. The van der Waals surface area contributed by atoms with E-state index in [0.29, 0.717) is 42.8 Å². The second kappa shape index (κ2) is 6.05. The zero-order valence-corrected chi connectivity index (χ0v) is 11.3. The van der Waals surface area contributed by atoms with Crippen LogP contribution in [0.1, 0.15) is 39.0 Å². The highest BCUT2D eigenvalue weighted by Crippen LogP contribution is 2.35. The Labute approximate surface area is 108 Å². The Kier molecular flexibility index (Phi) is 4.69. The van der Waals surface area contributed by atoms with Crippen molar-refractivity contribution in [3.63, 3.8) is 0 Å². The van der Waals surface area contributed by atoms with E-state index in [2.05, 4.69) is 0 Å². The van der Waals surface area contributed by atoms with Crippen molar-refractivity contribution in [3.05, 3.63) is 0 Å². The third kappa shape index (κ3) is 3.59. The summed E-state index contributed by atoms with van der Waals surface area (Å²) in [5, 5.41) is 0. The van der Waals surface area contributed by atoms with Crippen molar-refractivity contribution in [1.29, 1.82) is 0 Å². The topological polar surface area (TPSA) is 29.5 Å². The minimum Gasteiger partial charge on any atom is -0.378 e. The van der Waals surface area contributed by atoms with Gasteiger partial charge in [0.2, 0.25) is 5.91 Å². The van der Waals surface area contributed by atoms with Gasteiger partial charge >= 0.3 is 0 Å². The normalized spacial score (nSPS) is 27.6. The molecule has 4 heteroatoms. The lowest BCUT2D eigenvalue weighted by Gasteiger charge is -2.35. The second-order valence-corrected chi connectivity index (χ2v) is 5.50. The predicted octanol–water partition coefficient (Wildman–Crippen LogP) is 2.42. The summed E-state index contributed by atoms with van der Waals surface area (Å²) in [6.45, 7) is 3.52. The number of alkyl halides is 1. The van der Waals surface area contributed by atoms with Gasteiger partial charge in [-0.15, -0.1) is 11.6 Å². The van der Waals surface area contributed by atoms with Gasteiger partial charge in [0.25, 0.3) is 0 Å². The number of amides is 1. The highest BCUT2D eigenvalue weighted by Gasteiger charge is 2.36. The van der Waals surface area contributed by atoms with E-state index in [1.54, 1.807) is 0 Å². The third-order valence-electron chi connectivity index (χ3n) is 3.69. The summed E-state index contributed by atoms with van der Waals surface area (Å²) >= 11 is 5.75. The van der Waals surface area contributed by atoms with E-state index in [0.717, 1.165) is 32.3 Å². The molecule has 0 heterocycles. The summed E-state index contributed by atoms with van der Waals surface area (Å²) in [5.74, 6) is 1.39. The average molecular weight is 260 g/mol. The van der Waals surface area contributed by atoms with E-state index in [9.17, 15) is 4.79 Å². The lowest BCUT2D eigenvalue weighted by molar-refractivity contribution is -0.134. The Bertz CT molecular complexity index is 262. The molecule has 0 spiro atoms. The fourth-order valence-electron chi connectivity index (χ4n) is 2.57. The first-order valence-corrected chi connectivity index (χ1v) is 7.25. The third-order valence-corrected chi connectivity index (χ3v) is 3.86. The zero-order valence-electron chi connectivity index (χ0n) is 10.5. The van der Waals surface area contributed by atoms with Crippen molar-refractivity contribution in [2.45, 2.75) is 51.2 Å². The van der Waals surface area contributed by atoms with Crippen LogP contribution in [0.5, 0.6) is 0 Å². The molecule has 0 aliphatic heterocycles. The number of halogens is 1. The minimum absolute atomic E-state index is 0.299. The van der Waals surface area contributed by atoms with Crippen molar-refractivity contribution >= 4 is 17.5 Å². The Balaban J connectivity index is 1.69. The summed E-state index contributed by atoms with van der Waals surface area (Å²) < 4.78 is 5.51. The molecule has 0 bridgehead atoms. The van der Waals surface area contributed by atoms with Crippen molar-refractivity contribution in [3.8, 4) is 0 Å². The molecule has 2 rings (SSSR count). The van der Waals surface area contributed by atoms with Gasteiger partial charge in [-0.3, -0.25) is 4.79 Å². The van der Waals surface area contributed by atoms with Crippen LogP contribution in [0, 0.1) is 5.92 Å². The molecule has 0 radical (unpaired) electrons. The van der Waals surface area contributed by atoms with Crippen LogP contribution in [0.2, 0.25) is 0 Å². The molecule has 0 aromatic rings. The fourth-order valence-corrected chi connectivity index (χ4v) is 2.75. The molecule has 0 aromatic carbocycles. The highest BCUT2D eigenvalue weighted by molar-refractivity contribution is 6.18. The molecule has 0 N–H and O–H groups in total. The maximum absolute atomic E-state index is 12.1. The smallest absolute Gasteiger partial charge is 0.223 e. The molecule has 0 unspecified atom stereocenters. The van der Waals surface area contributed by atoms with Crippen LogP contribution in [-0.4, -0.2) is 42.0 Å². The van der Waals surface area contributed by atoms with E-state index in [1.165, 1.54) is 0 Å². The van der Waals surface area contributed by atoms with E-state index in [-0.39, 0.29) is 0 Å². The number of carbonyl (C=O) groups excluding carboxylic acids is 1. The largest absolute Gasteiger partial charge is 0.378 e. The molecule has 0 atom stereocenters. The van der Waals surface area contributed by atoms with Gasteiger partial charge in [0, 0.05) is 31.5 Å². The molecule has 0 aromatic heterocycles. The SMILES string of the molecule is CCOC1CC(CC(=O)N(CCCl)C2CC2)C1. The molecule has 1 amide bonds. The van der Waals surface area contributed by atoms with Crippen LogP contribution in [0.25, 0.3) is 0 Å². The van der Waals surface area contributed by atoms with Crippen molar-refractivity contribution in [2.75, 3.05) is 19.0 Å². The number of rotatable bonds is 7. The van der Waals surface area contributed by atoms with Gasteiger partial charge in [0.15, 0.2) is 0 Å². The van der Waals surface area contributed by atoms with Crippen molar-refractivity contribution in [2.24, 2.45) is 5.92 Å². The first-order chi connectivity index (χ1) is 8.24. The van der Waals surface area contributed by atoms with E-state index in [1.807, 2.05) is 11.8 Å². The first kappa shape index (κ1) is 13.2. The highest BCUT2D eigenvalue weighted by atomic mass is 35.5. The molecule has 2 fully saturated rings. The Morgan fingerprint density at radius 2 is 2.12 bits per heavy atom. The van der Waals surface area contributed by atoms with Crippen LogP contribution in [0.4, 0.5) is 0 Å². The zero-order chi connectivity index (χ0) is 12.3. The van der Waals surface area contributed by atoms with E-state index >= 15 is 0 Å². The van der Waals surface area contributed by atoms with Crippen molar-refractivity contribution < 1.29 is 9.53 Å². The number of hydrogen-bond donors (Lipinski definition) is 0. The molecule has 2 aliphatic carbocycles. The standard InChI is InChI=1S/C13H22ClNO2/c1-2-17-12-7-10(8-12)9-13(16)15(6-5-14)11-3-4-11/h10-12H,2-9H2,1H3. The lowest BCUT2D eigenvalue weighted by Crippen LogP contribution is -2.39. The van der Waals surface area contributed by atoms with Gasteiger partial charge < -0.3 is 9.64 Å². The van der Waals surface area contributed by atoms with Crippen LogP contribution in [0.3, 0.4) is 0 Å². The average Bonchev–Trinajstić information content (AvgIpc) is 3.06. The summed E-state index contributed by atoms with van der Waals surface area (Å²) in [5.41, 5.74) is 0. The van der Waals surface area contributed by atoms with Crippen LogP contribution in [-0.2, 0) is 9.53 Å². The number of carbonyl (C=O) groups is 1. The number of ether oxygens (including phenoxy) is 1. The first-order valence-electron chi connectivity index (χ1n) is 6.71. The van der Waals surface area contributed by atoms with Crippen LogP contribution < -0.4 is 0 Å². The number of nitrogens with zero attached hydrogens (tertiary/aromatic N) is 1. The summed E-state index contributed by atoms with van der Waals surface area (Å²) in [7, 11) is 0. The molecular weight excluding hydrogens is 238 g/mol. The molecular formula is C13H22ClNO2. The Hall–Kier alpha value is -0.280.